The molecule has 44 valence electrons. The third kappa shape index (κ3) is 10.5. The van der Waals surface area contributed by atoms with E-state index in [1.807, 2.05) is 0 Å². The summed E-state index contributed by atoms with van der Waals surface area (Å²) in [6.07, 6.45) is 0. The van der Waals surface area contributed by atoms with Crippen molar-refractivity contribution < 1.29 is 38.1 Å². The van der Waals surface area contributed by atoms with E-state index in [9.17, 15) is 8.24 Å². The Hall–Kier alpha value is 1.49. The number of hydrogen-bond acceptors (Lipinski definition) is 3. The zero-order chi connectivity index (χ0) is 5.91. The topological polar surface area (TPSA) is 83.8 Å². The van der Waals surface area contributed by atoms with Crippen LogP contribution in [0.25, 0.3) is 0 Å². The van der Waals surface area contributed by atoms with Crippen molar-refractivity contribution in [2.24, 2.45) is 0 Å². The van der Waals surface area contributed by atoms with Gasteiger partial charge in [-0.25, -0.2) is 0 Å². The van der Waals surface area contributed by atoms with Crippen molar-refractivity contribution in [2.45, 2.75) is 0 Å². The SMILES string of the molecule is [NaH].[O]=[V][O]P(=O)(O)O. The fraction of sp³-hybridized carbons (Fsp3) is 0. The van der Waals surface area contributed by atoms with Gasteiger partial charge in [-0.2, -0.15) is 0 Å². The molecule has 0 aliphatic rings. The number of hydrogen-bond donors (Lipinski definition) is 2. The molecule has 0 atom stereocenters. The Morgan fingerprint density at radius 2 is 1.88 bits per heavy atom. The van der Waals surface area contributed by atoms with Crippen LogP contribution in [0.5, 0.6) is 0 Å². The van der Waals surface area contributed by atoms with Gasteiger partial charge in [-0.15, -0.1) is 0 Å². The summed E-state index contributed by atoms with van der Waals surface area (Å²) in [5.41, 5.74) is 0. The maximum atomic E-state index is 9.53. The fourth-order valence-corrected chi connectivity index (χ4v) is 0.537. The van der Waals surface area contributed by atoms with Crippen molar-refractivity contribution in [1.82, 2.24) is 0 Å². The average Bonchev–Trinajstić information content (AvgIpc) is 1.30. The summed E-state index contributed by atoms with van der Waals surface area (Å²) in [6, 6.07) is 0. The normalized spacial score (nSPS) is 9.75. The Morgan fingerprint density at radius 1 is 1.50 bits per heavy atom. The van der Waals surface area contributed by atoms with Gasteiger partial charge in [0.05, 0.1) is 0 Å². The van der Waals surface area contributed by atoms with Crippen LogP contribution in [-0.2, 0) is 28.3 Å². The van der Waals surface area contributed by atoms with E-state index in [2.05, 4.69) is 3.45 Å². The first-order chi connectivity index (χ1) is 3.06. The quantitative estimate of drug-likeness (QED) is 0.419. The van der Waals surface area contributed by atoms with Crippen LogP contribution in [0.2, 0.25) is 0 Å². The molecular formula is H3NaO5PV. The monoisotopic (exact) mass is 188 g/mol. The van der Waals surface area contributed by atoms with Crippen molar-refractivity contribution >= 4 is 37.4 Å². The third-order valence-electron chi connectivity index (χ3n) is 0.140. The molecule has 0 aromatic rings. The molecule has 8 heavy (non-hydrogen) atoms. The zero-order valence-corrected chi connectivity index (χ0v) is 5.30. The fourth-order valence-electron chi connectivity index (χ4n) is 0.0434. The van der Waals surface area contributed by atoms with Gasteiger partial charge in [-0.1, -0.05) is 0 Å². The molecule has 0 aromatic carbocycles. The van der Waals surface area contributed by atoms with Gasteiger partial charge < -0.3 is 0 Å². The molecule has 0 amide bonds. The van der Waals surface area contributed by atoms with Crippen LogP contribution in [-0.4, -0.2) is 39.3 Å². The summed E-state index contributed by atoms with van der Waals surface area (Å²) < 4.78 is 22.3. The van der Waals surface area contributed by atoms with Crippen molar-refractivity contribution in [3.8, 4) is 0 Å². The van der Waals surface area contributed by atoms with Gasteiger partial charge in [0.2, 0.25) is 0 Å². The van der Waals surface area contributed by atoms with Crippen LogP contribution in [0.15, 0.2) is 0 Å². The van der Waals surface area contributed by atoms with Crippen molar-refractivity contribution in [3.63, 3.8) is 0 Å². The molecule has 0 unspecified atom stereocenters. The van der Waals surface area contributed by atoms with Crippen molar-refractivity contribution in [3.05, 3.63) is 0 Å². The van der Waals surface area contributed by atoms with E-state index in [-0.39, 0.29) is 29.6 Å². The van der Waals surface area contributed by atoms with Gasteiger partial charge in [0.15, 0.2) is 0 Å². The van der Waals surface area contributed by atoms with E-state index >= 15 is 0 Å². The number of rotatable bonds is 2. The molecule has 0 heterocycles. The summed E-state index contributed by atoms with van der Waals surface area (Å²) >= 11 is -1.88. The first-order valence-electron chi connectivity index (χ1n) is 1.13. The van der Waals surface area contributed by atoms with Gasteiger partial charge in [0.1, 0.15) is 0 Å². The summed E-state index contributed by atoms with van der Waals surface area (Å²) in [4.78, 5) is 15.5. The second-order valence-corrected chi connectivity index (χ2v) is 2.79. The molecule has 0 aliphatic carbocycles. The van der Waals surface area contributed by atoms with Gasteiger partial charge in [0, 0.05) is 0 Å². The maximum absolute atomic E-state index is 9.53. The minimum absolute atomic E-state index is 0. The van der Waals surface area contributed by atoms with Gasteiger partial charge in [0.25, 0.3) is 0 Å². The van der Waals surface area contributed by atoms with Crippen LogP contribution in [0.3, 0.4) is 0 Å². The molecule has 0 aromatic heterocycles. The van der Waals surface area contributed by atoms with Crippen LogP contribution >= 0.6 is 7.82 Å². The Balaban J connectivity index is 0. The standard InChI is InChI=1S/Na.H3O4P.O.V.H/c;1-5(2,3)4;;;/h;(H3,1,2,3,4);;;/q;;;+1;/p-1. The second-order valence-electron chi connectivity index (χ2n) is 0.647. The predicted octanol–water partition coefficient (Wildman–Crippen LogP) is -1.21. The molecule has 0 spiro atoms. The molecule has 0 saturated carbocycles. The Morgan fingerprint density at radius 3 is 1.88 bits per heavy atom. The molecule has 2 N–H and O–H groups in total. The number of phosphoric acid groups is 1. The van der Waals surface area contributed by atoms with Crippen LogP contribution in [0.4, 0.5) is 0 Å². The first-order valence-corrected chi connectivity index (χ1v) is 3.80. The van der Waals surface area contributed by atoms with Gasteiger partial charge in [-0.3, -0.25) is 0 Å². The van der Waals surface area contributed by atoms with E-state index in [0.717, 1.165) is 0 Å². The summed E-state index contributed by atoms with van der Waals surface area (Å²) in [7, 11) is -4.44. The third-order valence-corrected chi connectivity index (χ3v) is 1.73. The zero-order valence-electron chi connectivity index (χ0n) is 3.01. The molecular weight excluding hydrogens is 185 g/mol. The predicted molar refractivity (Wildman–Crippen MR) is 21.0 cm³/mol. The molecule has 0 fully saturated rings. The van der Waals surface area contributed by atoms with Crippen LogP contribution < -0.4 is 0 Å². The minimum atomic E-state index is -4.44. The van der Waals surface area contributed by atoms with Crippen LogP contribution in [0.1, 0.15) is 0 Å². The Labute approximate surface area is 75.0 Å². The van der Waals surface area contributed by atoms with E-state index in [0.29, 0.717) is 0 Å². The molecule has 0 radical (unpaired) electrons. The van der Waals surface area contributed by atoms with Gasteiger partial charge >= 0.3 is 75.4 Å². The van der Waals surface area contributed by atoms with Crippen molar-refractivity contribution in [2.75, 3.05) is 0 Å². The second kappa shape index (κ2) is 5.29. The Kier molecular flexibility index (Phi) is 8.07. The molecule has 0 bridgehead atoms. The van der Waals surface area contributed by atoms with E-state index in [1.165, 1.54) is 0 Å². The Bertz CT molecular complexity index is 105. The molecule has 8 heteroatoms. The molecule has 0 saturated heterocycles. The summed E-state index contributed by atoms with van der Waals surface area (Å²) in [5.74, 6) is 0. The average molecular weight is 188 g/mol. The summed E-state index contributed by atoms with van der Waals surface area (Å²) in [5, 5.41) is 0. The van der Waals surface area contributed by atoms with Gasteiger partial charge in [-0.05, 0) is 0 Å². The molecule has 0 aliphatic heterocycles. The van der Waals surface area contributed by atoms with E-state index < -0.39 is 24.4 Å². The van der Waals surface area contributed by atoms with E-state index in [4.69, 9.17) is 9.79 Å². The first kappa shape index (κ1) is 12.2. The molecule has 5 nitrogen and oxygen atoms in total. The van der Waals surface area contributed by atoms with E-state index in [1.54, 1.807) is 0 Å². The molecule has 0 rings (SSSR count). The summed E-state index contributed by atoms with van der Waals surface area (Å²) in [6.45, 7) is 0. The van der Waals surface area contributed by atoms with Crippen molar-refractivity contribution in [1.29, 1.82) is 0 Å². The van der Waals surface area contributed by atoms with Crippen LogP contribution in [0, 0.1) is 0 Å².